The average Bonchev–Trinajstić information content (AvgIpc) is 2.96. The Balaban J connectivity index is 0.000000584. The topological polar surface area (TPSA) is 99.2 Å². The molecule has 0 aliphatic carbocycles. The SMILES string of the molecule is C.CC(C)(C)CC(=O)OCCN1CCCCC1.Cc1oc(=O)oc1COC(=O)C(C)(C)C. The molecule has 0 radical (unpaired) electrons. The highest BCUT2D eigenvalue weighted by Crippen LogP contribution is 2.19. The number of likely N-dealkylation sites (tertiary alicyclic amines) is 1. The highest BCUT2D eigenvalue weighted by atomic mass is 16.6. The van der Waals surface area contributed by atoms with Gasteiger partial charge in [-0.15, -0.1) is 0 Å². The van der Waals surface area contributed by atoms with Crippen molar-refractivity contribution in [2.75, 3.05) is 26.2 Å². The molecule has 1 aromatic heterocycles. The number of piperidine rings is 1. The molecular formula is C24H43NO7. The molecule has 1 fully saturated rings. The van der Waals surface area contributed by atoms with E-state index in [9.17, 15) is 14.4 Å². The van der Waals surface area contributed by atoms with Crippen molar-refractivity contribution in [3.05, 3.63) is 22.1 Å². The second-order valence-corrected chi connectivity index (χ2v) is 10.1. The van der Waals surface area contributed by atoms with Crippen molar-refractivity contribution in [1.29, 1.82) is 0 Å². The minimum Gasteiger partial charge on any atom is -0.464 e. The van der Waals surface area contributed by atoms with Crippen LogP contribution in [-0.4, -0.2) is 43.1 Å². The van der Waals surface area contributed by atoms with Crippen LogP contribution in [0.1, 0.15) is 86.2 Å². The summed E-state index contributed by atoms with van der Waals surface area (Å²) >= 11 is 0. The van der Waals surface area contributed by atoms with E-state index in [1.54, 1.807) is 27.7 Å². The van der Waals surface area contributed by atoms with Gasteiger partial charge in [-0.3, -0.25) is 14.5 Å². The second kappa shape index (κ2) is 13.5. The number of ether oxygens (including phenoxy) is 2. The van der Waals surface area contributed by atoms with Crippen LogP contribution in [0, 0.1) is 17.8 Å². The predicted octanol–water partition coefficient (Wildman–Crippen LogP) is 4.72. The molecule has 0 unspecified atom stereocenters. The number of aryl methyl sites for hydroxylation is 1. The molecule has 0 atom stereocenters. The number of nitrogens with zero attached hydrogens (tertiary/aromatic N) is 1. The van der Waals surface area contributed by atoms with Gasteiger partial charge < -0.3 is 18.3 Å². The van der Waals surface area contributed by atoms with Gasteiger partial charge in [0.15, 0.2) is 18.1 Å². The van der Waals surface area contributed by atoms with Crippen molar-refractivity contribution in [3.63, 3.8) is 0 Å². The maximum absolute atomic E-state index is 11.5. The van der Waals surface area contributed by atoms with Crippen LogP contribution in [0.2, 0.25) is 0 Å². The Morgan fingerprint density at radius 2 is 1.56 bits per heavy atom. The third kappa shape index (κ3) is 12.7. The van der Waals surface area contributed by atoms with Crippen LogP contribution in [0.4, 0.5) is 0 Å². The summed E-state index contributed by atoms with van der Waals surface area (Å²) in [4.78, 5) is 35.9. The van der Waals surface area contributed by atoms with E-state index in [0.29, 0.717) is 18.8 Å². The lowest BCUT2D eigenvalue weighted by molar-refractivity contribution is -0.155. The van der Waals surface area contributed by atoms with Gasteiger partial charge in [0.25, 0.3) is 0 Å². The summed E-state index contributed by atoms with van der Waals surface area (Å²) in [6.07, 6.45) is 4.43. The van der Waals surface area contributed by atoms with Gasteiger partial charge in [-0.05, 0) is 59.0 Å². The largest absolute Gasteiger partial charge is 0.519 e. The maximum Gasteiger partial charge on any atom is 0.519 e. The zero-order valence-corrected chi connectivity index (χ0v) is 20.2. The number of hydrogen-bond acceptors (Lipinski definition) is 8. The van der Waals surface area contributed by atoms with Crippen LogP contribution in [0.25, 0.3) is 0 Å². The van der Waals surface area contributed by atoms with Crippen LogP contribution in [0.5, 0.6) is 0 Å². The van der Waals surface area contributed by atoms with Gasteiger partial charge in [0.2, 0.25) is 0 Å². The van der Waals surface area contributed by atoms with Crippen LogP contribution in [-0.2, 0) is 25.7 Å². The molecule has 186 valence electrons. The van der Waals surface area contributed by atoms with Crippen LogP contribution in [0.15, 0.2) is 13.6 Å². The first-order valence-corrected chi connectivity index (χ1v) is 10.9. The summed E-state index contributed by atoms with van der Waals surface area (Å²) in [5, 5.41) is 0. The van der Waals surface area contributed by atoms with Gasteiger partial charge in [0, 0.05) is 6.54 Å². The second-order valence-electron chi connectivity index (χ2n) is 10.1. The summed E-state index contributed by atoms with van der Waals surface area (Å²) in [5.41, 5.74) is -0.542. The molecule has 0 spiro atoms. The van der Waals surface area contributed by atoms with Crippen molar-refractivity contribution >= 4 is 11.9 Å². The molecule has 0 bridgehead atoms. The Morgan fingerprint density at radius 1 is 0.969 bits per heavy atom. The van der Waals surface area contributed by atoms with E-state index in [1.807, 2.05) is 0 Å². The molecule has 1 aliphatic rings. The highest BCUT2D eigenvalue weighted by Gasteiger charge is 2.24. The molecule has 0 N–H and O–H groups in total. The molecule has 8 heteroatoms. The standard InChI is InChI=1S/C13H25NO2.C10H14O5.CH4/c1-13(2,3)11-12(15)16-10-9-14-7-5-4-6-8-14;1-6-7(15-9(12)14-6)5-13-8(11)10(2,3)4;/h4-11H2,1-3H3;5H2,1-4H3;1H4. The van der Waals surface area contributed by atoms with E-state index < -0.39 is 11.2 Å². The fourth-order valence-electron chi connectivity index (χ4n) is 2.81. The van der Waals surface area contributed by atoms with Crippen LogP contribution >= 0.6 is 0 Å². The smallest absolute Gasteiger partial charge is 0.464 e. The van der Waals surface area contributed by atoms with Gasteiger partial charge >= 0.3 is 17.8 Å². The van der Waals surface area contributed by atoms with Gasteiger partial charge in [-0.2, -0.15) is 0 Å². The third-order valence-electron chi connectivity index (χ3n) is 4.58. The molecule has 8 nitrogen and oxygen atoms in total. The Labute approximate surface area is 192 Å². The lowest BCUT2D eigenvalue weighted by atomic mass is 9.92. The molecule has 2 rings (SSSR count). The molecular weight excluding hydrogens is 414 g/mol. The summed E-state index contributed by atoms with van der Waals surface area (Å²) in [6, 6.07) is 0. The molecule has 0 saturated carbocycles. The first kappa shape index (κ1) is 29.9. The molecule has 0 amide bonds. The summed E-state index contributed by atoms with van der Waals surface area (Å²) < 4.78 is 19.5. The molecule has 1 aliphatic heterocycles. The van der Waals surface area contributed by atoms with Crippen LogP contribution < -0.4 is 5.82 Å². The number of rotatable bonds is 6. The fourth-order valence-corrected chi connectivity index (χ4v) is 2.81. The van der Waals surface area contributed by atoms with Gasteiger partial charge in [-0.1, -0.05) is 34.6 Å². The first-order valence-electron chi connectivity index (χ1n) is 10.9. The van der Waals surface area contributed by atoms with Crippen molar-refractivity contribution < 1.29 is 27.9 Å². The molecule has 1 saturated heterocycles. The quantitative estimate of drug-likeness (QED) is 0.566. The predicted molar refractivity (Wildman–Crippen MR) is 123 cm³/mol. The van der Waals surface area contributed by atoms with Gasteiger partial charge in [0.1, 0.15) is 6.61 Å². The van der Waals surface area contributed by atoms with Crippen molar-refractivity contribution in [2.45, 2.75) is 88.2 Å². The Morgan fingerprint density at radius 3 is 2.03 bits per heavy atom. The lowest BCUT2D eigenvalue weighted by Gasteiger charge is -2.26. The number of hydrogen-bond donors (Lipinski definition) is 0. The number of carbonyl (C=O) groups is 2. The Bertz CT molecular complexity index is 744. The van der Waals surface area contributed by atoms with E-state index in [2.05, 4.69) is 34.5 Å². The molecule has 2 heterocycles. The minimum atomic E-state index is -0.783. The van der Waals surface area contributed by atoms with Gasteiger partial charge in [-0.25, -0.2) is 4.79 Å². The van der Waals surface area contributed by atoms with Crippen molar-refractivity contribution in [2.24, 2.45) is 10.8 Å². The number of carbonyl (C=O) groups excluding carboxylic acids is 2. The first-order chi connectivity index (χ1) is 14.3. The maximum atomic E-state index is 11.5. The van der Waals surface area contributed by atoms with Crippen LogP contribution in [0.3, 0.4) is 0 Å². The lowest BCUT2D eigenvalue weighted by Crippen LogP contribution is -2.33. The van der Waals surface area contributed by atoms with E-state index in [1.165, 1.54) is 19.3 Å². The highest BCUT2D eigenvalue weighted by molar-refractivity contribution is 5.75. The average molecular weight is 458 g/mol. The van der Waals surface area contributed by atoms with Crippen molar-refractivity contribution in [1.82, 2.24) is 4.90 Å². The summed E-state index contributed by atoms with van der Waals surface area (Å²) in [7, 11) is 0. The Hall–Kier alpha value is -2.09. The normalized spacial score (nSPS) is 14.6. The molecule has 32 heavy (non-hydrogen) atoms. The summed E-state index contributed by atoms with van der Waals surface area (Å²) in [5.74, 6) is -0.621. The Kier molecular flexibility index (Phi) is 12.6. The molecule has 1 aromatic rings. The van der Waals surface area contributed by atoms with Crippen molar-refractivity contribution in [3.8, 4) is 0 Å². The summed E-state index contributed by atoms with van der Waals surface area (Å²) in [6.45, 7) is 16.7. The monoisotopic (exact) mass is 457 g/mol. The zero-order chi connectivity index (χ0) is 23.7. The minimum absolute atomic E-state index is 0. The van der Waals surface area contributed by atoms with E-state index in [4.69, 9.17) is 9.47 Å². The molecule has 0 aromatic carbocycles. The van der Waals surface area contributed by atoms with E-state index in [-0.39, 0.29) is 37.1 Å². The van der Waals surface area contributed by atoms with E-state index >= 15 is 0 Å². The third-order valence-corrected chi connectivity index (χ3v) is 4.58. The number of esters is 2. The van der Waals surface area contributed by atoms with Gasteiger partial charge in [0.05, 0.1) is 11.8 Å². The zero-order valence-electron chi connectivity index (χ0n) is 20.2. The fraction of sp³-hybridized carbons (Fsp3) is 0.792. The van der Waals surface area contributed by atoms with E-state index in [0.717, 1.165) is 19.6 Å².